The highest BCUT2D eigenvalue weighted by atomic mass is 35.5. The van der Waals surface area contributed by atoms with Gasteiger partial charge in [0.25, 0.3) is 0 Å². The maximum absolute atomic E-state index is 13.3. The van der Waals surface area contributed by atoms with Crippen LogP contribution >= 0.6 is 11.6 Å². The number of nitrogens with zero attached hydrogens (tertiary/aromatic N) is 2. The Balaban J connectivity index is 2.02. The summed E-state index contributed by atoms with van der Waals surface area (Å²) >= 11 is 6.45. The van der Waals surface area contributed by atoms with Crippen molar-refractivity contribution < 1.29 is 4.39 Å². The van der Waals surface area contributed by atoms with Gasteiger partial charge in [-0.1, -0.05) is 23.7 Å². The Morgan fingerprint density at radius 1 is 1.21 bits per heavy atom. The van der Waals surface area contributed by atoms with Crippen LogP contribution in [-0.2, 0) is 0 Å². The fraction of sp³-hybridized carbons (Fsp3) is 0.250. The van der Waals surface area contributed by atoms with Gasteiger partial charge < -0.3 is 4.90 Å². The zero-order chi connectivity index (χ0) is 17.5. The zero-order valence-corrected chi connectivity index (χ0v) is 15.0. The maximum atomic E-state index is 13.3. The van der Waals surface area contributed by atoms with Gasteiger partial charge in [0.1, 0.15) is 5.82 Å². The Hall–Kier alpha value is -2.13. The first kappa shape index (κ1) is 16.7. The lowest BCUT2D eigenvalue weighted by atomic mass is 9.88. The van der Waals surface area contributed by atoms with Crippen LogP contribution in [0.25, 0.3) is 5.57 Å². The Morgan fingerprint density at radius 2 is 1.96 bits per heavy atom. The van der Waals surface area contributed by atoms with Gasteiger partial charge in [-0.3, -0.25) is 4.99 Å². The number of aliphatic imine (C=N–C) groups is 1. The highest BCUT2D eigenvalue weighted by molar-refractivity contribution is 6.33. The van der Waals surface area contributed by atoms with E-state index in [4.69, 9.17) is 11.6 Å². The SMILES string of the molecule is CC1=CC(C)(C)N(C)c2cc(Cl)c(C=Nc3cccc(F)c3)cc21. The van der Waals surface area contributed by atoms with Crippen molar-refractivity contribution in [1.82, 2.24) is 0 Å². The van der Waals surface area contributed by atoms with Crippen molar-refractivity contribution in [2.45, 2.75) is 26.3 Å². The molecule has 0 aromatic heterocycles. The molecule has 3 rings (SSSR count). The van der Waals surface area contributed by atoms with Crippen LogP contribution in [0.4, 0.5) is 15.8 Å². The molecule has 0 unspecified atom stereocenters. The number of hydrogen-bond acceptors (Lipinski definition) is 2. The average Bonchev–Trinajstić information content (AvgIpc) is 2.51. The minimum Gasteiger partial charge on any atom is -0.365 e. The van der Waals surface area contributed by atoms with Crippen molar-refractivity contribution in [3.8, 4) is 0 Å². The molecule has 124 valence electrons. The molecule has 0 bridgehead atoms. The minimum absolute atomic E-state index is 0.0580. The van der Waals surface area contributed by atoms with Gasteiger partial charge >= 0.3 is 0 Å². The molecule has 0 radical (unpaired) electrons. The third-order valence-electron chi connectivity index (χ3n) is 4.50. The van der Waals surface area contributed by atoms with Crippen molar-refractivity contribution in [3.63, 3.8) is 0 Å². The van der Waals surface area contributed by atoms with Crippen LogP contribution in [0, 0.1) is 5.82 Å². The summed E-state index contributed by atoms with van der Waals surface area (Å²) in [5, 5.41) is 0.631. The number of benzene rings is 2. The Labute approximate surface area is 147 Å². The quantitative estimate of drug-likeness (QED) is 0.624. The molecule has 0 saturated heterocycles. The van der Waals surface area contributed by atoms with Crippen LogP contribution in [0.15, 0.2) is 47.5 Å². The molecule has 0 aliphatic carbocycles. The number of likely N-dealkylation sites (N-methyl/N-ethyl adjacent to an activating group) is 1. The Morgan fingerprint density at radius 3 is 2.67 bits per heavy atom. The third kappa shape index (κ3) is 3.09. The first-order valence-electron chi connectivity index (χ1n) is 7.85. The second-order valence-electron chi connectivity index (χ2n) is 6.67. The summed E-state index contributed by atoms with van der Waals surface area (Å²) in [6.45, 7) is 6.45. The third-order valence-corrected chi connectivity index (χ3v) is 4.82. The van der Waals surface area contributed by atoms with Crippen molar-refractivity contribution in [2.24, 2.45) is 4.99 Å². The average molecular weight is 343 g/mol. The number of allylic oxidation sites excluding steroid dienone is 1. The van der Waals surface area contributed by atoms with Gasteiger partial charge in [-0.25, -0.2) is 4.39 Å². The predicted octanol–water partition coefficient (Wildman–Crippen LogP) is 5.86. The Bertz CT molecular complexity index is 853. The molecule has 0 atom stereocenters. The lowest BCUT2D eigenvalue weighted by Crippen LogP contribution is -2.42. The lowest BCUT2D eigenvalue weighted by molar-refractivity contribution is 0.598. The second-order valence-corrected chi connectivity index (χ2v) is 7.08. The van der Waals surface area contributed by atoms with Gasteiger partial charge in [0.2, 0.25) is 0 Å². The molecule has 0 fully saturated rings. The summed E-state index contributed by atoms with van der Waals surface area (Å²) in [6, 6.07) is 10.2. The summed E-state index contributed by atoms with van der Waals surface area (Å²) in [5.74, 6) is -0.302. The number of hydrogen-bond donors (Lipinski definition) is 0. The molecule has 1 aliphatic heterocycles. The van der Waals surface area contributed by atoms with E-state index in [1.54, 1.807) is 18.3 Å². The molecule has 1 heterocycles. The van der Waals surface area contributed by atoms with E-state index >= 15 is 0 Å². The van der Waals surface area contributed by atoms with Gasteiger partial charge in [0, 0.05) is 30.1 Å². The molecule has 0 spiro atoms. The molecule has 0 amide bonds. The molecule has 2 nitrogen and oxygen atoms in total. The van der Waals surface area contributed by atoms with Gasteiger partial charge in [0.05, 0.1) is 16.2 Å². The normalized spacial score (nSPS) is 16.2. The van der Waals surface area contributed by atoms with Crippen molar-refractivity contribution in [1.29, 1.82) is 0 Å². The van der Waals surface area contributed by atoms with Crippen molar-refractivity contribution >= 4 is 34.8 Å². The van der Waals surface area contributed by atoms with Crippen LogP contribution < -0.4 is 4.90 Å². The predicted molar refractivity (Wildman–Crippen MR) is 101 cm³/mol. The van der Waals surface area contributed by atoms with Crippen molar-refractivity contribution in [2.75, 3.05) is 11.9 Å². The van der Waals surface area contributed by atoms with Crippen LogP contribution in [0.2, 0.25) is 5.02 Å². The van der Waals surface area contributed by atoms with E-state index in [0.717, 1.165) is 16.8 Å². The van der Waals surface area contributed by atoms with Gasteiger partial charge in [-0.05, 0) is 56.7 Å². The van der Waals surface area contributed by atoms with E-state index in [1.807, 2.05) is 12.1 Å². The first-order chi connectivity index (χ1) is 11.3. The summed E-state index contributed by atoms with van der Waals surface area (Å²) in [4.78, 5) is 6.55. The van der Waals surface area contributed by atoms with Gasteiger partial charge in [-0.15, -0.1) is 0 Å². The van der Waals surface area contributed by atoms with Gasteiger partial charge in [0.15, 0.2) is 0 Å². The standard InChI is InChI=1S/C20H20ClFN2/c1-13-11-20(2,3)24(4)19-10-18(21)14(8-17(13)19)12-23-16-7-5-6-15(22)9-16/h5-12H,1-4H3. The van der Waals surface area contributed by atoms with Gasteiger partial charge in [-0.2, -0.15) is 0 Å². The van der Waals surface area contributed by atoms with E-state index < -0.39 is 0 Å². The molecule has 24 heavy (non-hydrogen) atoms. The van der Waals surface area contributed by atoms with Crippen molar-refractivity contribution in [3.05, 3.63) is 64.4 Å². The van der Waals surface area contributed by atoms with Crippen LogP contribution in [0.3, 0.4) is 0 Å². The topological polar surface area (TPSA) is 15.6 Å². The van der Waals surface area contributed by atoms with E-state index in [1.165, 1.54) is 17.7 Å². The number of rotatable bonds is 2. The minimum atomic E-state index is -0.302. The maximum Gasteiger partial charge on any atom is 0.125 e. The molecule has 1 aliphatic rings. The van der Waals surface area contributed by atoms with E-state index in [9.17, 15) is 4.39 Å². The molecule has 2 aromatic carbocycles. The lowest BCUT2D eigenvalue weighted by Gasteiger charge is -2.40. The van der Waals surface area contributed by atoms with Crippen LogP contribution in [-0.4, -0.2) is 18.8 Å². The summed E-state index contributed by atoms with van der Waals surface area (Å²) in [6.07, 6.45) is 3.93. The molecular formula is C20H20ClFN2. The largest absolute Gasteiger partial charge is 0.365 e. The summed E-state index contributed by atoms with van der Waals surface area (Å²) in [5.41, 5.74) is 4.78. The molecular weight excluding hydrogens is 323 g/mol. The number of fused-ring (bicyclic) bond motifs is 1. The molecule has 4 heteroatoms. The fourth-order valence-electron chi connectivity index (χ4n) is 2.99. The second kappa shape index (κ2) is 6.06. The molecule has 2 aromatic rings. The van der Waals surface area contributed by atoms with Crippen LogP contribution in [0.1, 0.15) is 31.9 Å². The van der Waals surface area contributed by atoms with E-state index in [0.29, 0.717) is 10.7 Å². The highest BCUT2D eigenvalue weighted by Crippen LogP contribution is 2.40. The first-order valence-corrected chi connectivity index (χ1v) is 8.22. The molecule has 0 N–H and O–H groups in total. The zero-order valence-electron chi connectivity index (χ0n) is 14.3. The smallest absolute Gasteiger partial charge is 0.125 e. The van der Waals surface area contributed by atoms with Crippen LogP contribution in [0.5, 0.6) is 0 Å². The van der Waals surface area contributed by atoms with E-state index in [2.05, 4.69) is 43.8 Å². The summed E-state index contributed by atoms with van der Waals surface area (Å²) < 4.78 is 13.3. The summed E-state index contributed by atoms with van der Waals surface area (Å²) in [7, 11) is 2.07. The highest BCUT2D eigenvalue weighted by Gasteiger charge is 2.28. The Kier molecular flexibility index (Phi) is 4.22. The monoisotopic (exact) mass is 342 g/mol. The molecule has 0 saturated carbocycles. The fourth-order valence-corrected chi connectivity index (χ4v) is 3.19. The number of halogens is 2. The number of anilines is 1. The van der Waals surface area contributed by atoms with E-state index in [-0.39, 0.29) is 11.4 Å².